The molecule has 0 heterocycles. The first kappa shape index (κ1) is 34.1. The maximum absolute atomic E-state index is 2.48. The van der Waals surface area contributed by atoms with Crippen molar-refractivity contribution in [2.24, 2.45) is 0 Å². The molecule has 1 unspecified atom stereocenters. The minimum atomic E-state index is -0.315. The zero-order valence-corrected chi connectivity index (χ0v) is 32.4. The standard InChI is InChI=1S/C57H41N/c1-2-57(52-28-13-20-41-17-5-8-23-50(41)52)53-27-10-9-24-51(53)56-54(57)29-14-30-55(56)58(44-35-31-42(32-36-44)48-25-11-18-39-15-3-6-21-46(39)48)45-37-33-43(34-38-45)49-26-12-19-40-16-4-7-22-47(40)49/h3-38H,2H2,1H3. The lowest BCUT2D eigenvalue weighted by Gasteiger charge is -2.34. The van der Waals surface area contributed by atoms with Gasteiger partial charge in [0.25, 0.3) is 0 Å². The number of nitrogens with zero attached hydrogens (tertiary/aromatic N) is 1. The SMILES string of the molecule is CCC1(c2cccc3ccccc23)c2ccccc2-c2c(N(c3ccc(-c4cccc5ccccc45)cc3)c3ccc(-c4cccc5ccccc45)cc3)cccc21. The van der Waals surface area contributed by atoms with E-state index in [-0.39, 0.29) is 5.41 Å². The van der Waals surface area contributed by atoms with Crippen LogP contribution in [0.3, 0.4) is 0 Å². The lowest BCUT2D eigenvalue weighted by molar-refractivity contribution is 0.614. The molecule has 1 aliphatic rings. The van der Waals surface area contributed by atoms with Gasteiger partial charge in [-0.25, -0.2) is 0 Å². The fraction of sp³-hybridized carbons (Fsp3) is 0.0526. The summed E-state index contributed by atoms with van der Waals surface area (Å²) in [6, 6.07) is 80.7. The van der Waals surface area contributed by atoms with Gasteiger partial charge in [0.2, 0.25) is 0 Å². The number of hydrogen-bond acceptors (Lipinski definition) is 1. The molecule has 1 aliphatic carbocycles. The van der Waals surface area contributed by atoms with Gasteiger partial charge in [-0.15, -0.1) is 0 Å². The molecule has 0 amide bonds. The van der Waals surface area contributed by atoms with Crippen molar-refractivity contribution in [1.29, 1.82) is 0 Å². The van der Waals surface area contributed by atoms with E-state index in [0.717, 1.165) is 17.8 Å². The Kier molecular flexibility index (Phi) is 8.08. The second-order valence-corrected chi connectivity index (χ2v) is 15.5. The normalized spacial score (nSPS) is 14.4. The molecule has 0 saturated carbocycles. The van der Waals surface area contributed by atoms with Gasteiger partial charge in [0.05, 0.1) is 5.69 Å². The van der Waals surface area contributed by atoms with Crippen LogP contribution in [0.25, 0.3) is 65.7 Å². The predicted molar refractivity (Wildman–Crippen MR) is 247 cm³/mol. The minimum Gasteiger partial charge on any atom is -0.310 e. The lowest BCUT2D eigenvalue weighted by Crippen LogP contribution is -2.26. The second-order valence-electron chi connectivity index (χ2n) is 15.5. The maximum Gasteiger partial charge on any atom is 0.0543 e. The molecule has 58 heavy (non-hydrogen) atoms. The van der Waals surface area contributed by atoms with Crippen LogP contribution >= 0.6 is 0 Å². The highest BCUT2D eigenvalue weighted by Crippen LogP contribution is 2.59. The van der Waals surface area contributed by atoms with E-state index in [4.69, 9.17) is 0 Å². The Balaban J connectivity index is 1.12. The summed E-state index contributed by atoms with van der Waals surface area (Å²) in [5.74, 6) is 0. The molecule has 1 atom stereocenters. The Morgan fingerprint density at radius 1 is 0.345 bits per heavy atom. The lowest BCUT2D eigenvalue weighted by atomic mass is 9.69. The van der Waals surface area contributed by atoms with Gasteiger partial charge in [-0.2, -0.15) is 0 Å². The Labute approximate surface area is 340 Å². The molecule has 10 aromatic carbocycles. The number of hydrogen-bond donors (Lipinski definition) is 0. The summed E-state index contributed by atoms with van der Waals surface area (Å²) < 4.78 is 0. The molecular formula is C57H41N. The third kappa shape index (κ3) is 5.24. The van der Waals surface area contributed by atoms with Gasteiger partial charge in [-0.1, -0.05) is 195 Å². The van der Waals surface area contributed by atoms with E-state index >= 15 is 0 Å². The highest BCUT2D eigenvalue weighted by Gasteiger charge is 2.45. The zero-order chi connectivity index (χ0) is 38.6. The molecule has 0 fully saturated rings. The van der Waals surface area contributed by atoms with Crippen LogP contribution in [0.5, 0.6) is 0 Å². The van der Waals surface area contributed by atoms with Crippen LogP contribution in [0, 0.1) is 0 Å². The molecule has 0 radical (unpaired) electrons. The van der Waals surface area contributed by atoms with E-state index in [1.807, 2.05) is 0 Å². The molecule has 274 valence electrons. The van der Waals surface area contributed by atoms with Gasteiger partial charge in [0.1, 0.15) is 0 Å². The summed E-state index contributed by atoms with van der Waals surface area (Å²) in [4.78, 5) is 2.48. The summed E-state index contributed by atoms with van der Waals surface area (Å²) in [6.45, 7) is 2.36. The van der Waals surface area contributed by atoms with Crippen LogP contribution in [0.15, 0.2) is 218 Å². The van der Waals surface area contributed by atoms with Crippen LogP contribution in [0.4, 0.5) is 17.1 Å². The van der Waals surface area contributed by atoms with Crippen LogP contribution in [0.1, 0.15) is 30.0 Å². The second kappa shape index (κ2) is 13.8. The Morgan fingerprint density at radius 3 is 1.34 bits per heavy atom. The zero-order valence-electron chi connectivity index (χ0n) is 32.4. The van der Waals surface area contributed by atoms with Crippen molar-refractivity contribution >= 4 is 49.4 Å². The first-order chi connectivity index (χ1) is 28.7. The van der Waals surface area contributed by atoms with E-state index in [9.17, 15) is 0 Å². The van der Waals surface area contributed by atoms with Gasteiger partial charge in [0, 0.05) is 22.4 Å². The smallest absolute Gasteiger partial charge is 0.0543 e. The first-order valence-electron chi connectivity index (χ1n) is 20.4. The molecule has 0 saturated heterocycles. The third-order valence-electron chi connectivity index (χ3n) is 12.6. The summed E-state index contributed by atoms with van der Waals surface area (Å²) in [7, 11) is 0. The monoisotopic (exact) mass is 739 g/mol. The van der Waals surface area contributed by atoms with Crippen molar-refractivity contribution in [2.75, 3.05) is 4.90 Å². The highest BCUT2D eigenvalue weighted by molar-refractivity contribution is 6.01. The number of rotatable bonds is 7. The third-order valence-corrected chi connectivity index (χ3v) is 12.6. The van der Waals surface area contributed by atoms with Crippen LogP contribution < -0.4 is 4.90 Å². The molecule has 1 heteroatoms. The van der Waals surface area contributed by atoms with Crippen molar-refractivity contribution in [3.8, 4) is 33.4 Å². The summed E-state index contributed by atoms with van der Waals surface area (Å²) in [5.41, 5.74) is 14.7. The van der Waals surface area contributed by atoms with Gasteiger partial charge < -0.3 is 4.90 Å². The fourth-order valence-corrected chi connectivity index (χ4v) is 10.0. The van der Waals surface area contributed by atoms with Crippen molar-refractivity contribution in [3.05, 3.63) is 235 Å². The van der Waals surface area contributed by atoms with Crippen LogP contribution in [-0.4, -0.2) is 0 Å². The van der Waals surface area contributed by atoms with Crippen LogP contribution in [-0.2, 0) is 5.41 Å². The van der Waals surface area contributed by atoms with Crippen LogP contribution in [0.2, 0.25) is 0 Å². The average molecular weight is 740 g/mol. The van der Waals surface area contributed by atoms with Gasteiger partial charge >= 0.3 is 0 Å². The average Bonchev–Trinajstić information content (AvgIpc) is 3.60. The van der Waals surface area contributed by atoms with E-state index in [1.54, 1.807) is 0 Å². The molecule has 0 N–H and O–H groups in total. The predicted octanol–water partition coefficient (Wildman–Crippen LogP) is 15.7. The van der Waals surface area contributed by atoms with Gasteiger partial charge in [-0.05, 0) is 114 Å². The molecule has 1 nitrogen and oxygen atoms in total. The molecular weight excluding hydrogens is 699 g/mol. The van der Waals surface area contributed by atoms with E-state index in [1.165, 1.54) is 88.1 Å². The Hall–Kier alpha value is -7.22. The van der Waals surface area contributed by atoms with E-state index in [2.05, 4.69) is 230 Å². The summed E-state index contributed by atoms with van der Waals surface area (Å²) in [5, 5.41) is 7.61. The fourth-order valence-electron chi connectivity index (χ4n) is 10.0. The van der Waals surface area contributed by atoms with E-state index in [0.29, 0.717) is 0 Å². The maximum atomic E-state index is 2.48. The summed E-state index contributed by atoms with van der Waals surface area (Å²) >= 11 is 0. The first-order valence-corrected chi connectivity index (χ1v) is 20.4. The van der Waals surface area contributed by atoms with Gasteiger partial charge in [0.15, 0.2) is 0 Å². The number of anilines is 3. The van der Waals surface area contributed by atoms with Crippen molar-refractivity contribution in [3.63, 3.8) is 0 Å². The van der Waals surface area contributed by atoms with Crippen molar-refractivity contribution < 1.29 is 0 Å². The minimum absolute atomic E-state index is 0.315. The molecule has 11 rings (SSSR count). The van der Waals surface area contributed by atoms with Crippen molar-refractivity contribution in [1.82, 2.24) is 0 Å². The number of fused-ring (bicyclic) bond motifs is 6. The van der Waals surface area contributed by atoms with Crippen molar-refractivity contribution in [2.45, 2.75) is 18.8 Å². The molecule has 0 bridgehead atoms. The molecule has 0 aliphatic heterocycles. The highest BCUT2D eigenvalue weighted by atomic mass is 15.1. The van der Waals surface area contributed by atoms with Gasteiger partial charge in [-0.3, -0.25) is 0 Å². The molecule has 10 aromatic rings. The number of benzene rings is 10. The largest absolute Gasteiger partial charge is 0.310 e. The Morgan fingerprint density at radius 2 is 0.759 bits per heavy atom. The summed E-state index contributed by atoms with van der Waals surface area (Å²) in [6.07, 6.45) is 0.938. The van der Waals surface area contributed by atoms with E-state index < -0.39 is 0 Å². The topological polar surface area (TPSA) is 3.24 Å². The molecule has 0 aromatic heterocycles. The quantitative estimate of drug-likeness (QED) is 0.157. The Bertz CT molecular complexity index is 3020. The molecule has 0 spiro atoms.